The molecule has 0 saturated heterocycles. The number of carbonyl (C=O) groups is 1. The van der Waals surface area contributed by atoms with Crippen LogP contribution in [0, 0.1) is 12.3 Å². The first kappa shape index (κ1) is 11.3. The van der Waals surface area contributed by atoms with Crippen LogP contribution in [0.5, 0.6) is 0 Å². The number of anilines is 1. The molecule has 0 saturated carbocycles. The molecule has 0 aliphatic heterocycles. The first-order valence-corrected chi connectivity index (χ1v) is 4.69. The smallest absolute Gasteiger partial charge is 0.238 e. The Labute approximate surface area is 90.1 Å². The Morgan fingerprint density at radius 1 is 1.47 bits per heavy atom. The third-order valence-electron chi connectivity index (χ3n) is 1.83. The van der Waals surface area contributed by atoms with E-state index >= 15 is 0 Å². The number of amides is 1. The molecule has 0 heterocycles. The molecule has 0 spiro atoms. The molecule has 78 valence electrons. The molecule has 0 bridgehead atoms. The van der Waals surface area contributed by atoms with Crippen molar-refractivity contribution in [1.29, 1.82) is 0 Å². The summed E-state index contributed by atoms with van der Waals surface area (Å²) >= 11 is 0. The molecule has 1 aromatic rings. The van der Waals surface area contributed by atoms with Crippen LogP contribution in [0.2, 0.25) is 0 Å². The summed E-state index contributed by atoms with van der Waals surface area (Å²) in [5.74, 6) is 2.43. The normalized spacial score (nSPS) is 9.67. The summed E-state index contributed by atoms with van der Waals surface area (Å²) in [5.41, 5.74) is 0.802. The summed E-state index contributed by atoms with van der Waals surface area (Å²) in [5, 5.41) is 2.78. The summed E-state index contributed by atoms with van der Waals surface area (Å²) in [6, 6.07) is 9.35. The number of benzene rings is 1. The van der Waals surface area contributed by atoms with Crippen LogP contribution >= 0.6 is 0 Å². The quantitative estimate of drug-likeness (QED) is 0.744. The molecule has 0 unspecified atom stereocenters. The number of hydrogen-bond acceptors (Lipinski definition) is 2. The first-order chi connectivity index (χ1) is 7.22. The summed E-state index contributed by atoms with van der Waals surface area (Å²) in [6.07, 6.45) is 5.13. The van der Waals surface area contributed by atoms with E-state index in [9.17, 15) is 4.79 Å². The highest BCUT2D eigenvalue weighted by atomic mass is 16.2. The maximum atomic E-state index is 11.5. The lowest BCUT2D eigenvalue weighted by Gasteiger charge is -2.12. The lowest BCUT2D eigenvalue weighted by molar-refractivity contribution is -0.116. The monoisotopic (exact) mass is 202 g/mol. The SMILES string of the molecule is C#CCN(C)CC(=O)Nc1ccccc1. The first-order valence-electron chi connectivity index (χ1n) is 4.69. The lowest BCUT2D eigenvalue weighted by Crippen LogP contribution is -2.30. The van der Waals surface area contributed by atoms with Crippen LogP contribution in [-0.2, 0) is 4.79 Å². The maximum absolute atomic E-state index is 11.5. The van der Waals surface area contributed by atoms with Gasteiger partial charge in [-0.25, -0.2) is 0 Å². The van der Waals surface area contributed by atoms with Crippen LogP contribution in [0.1, 0.15) is 0 Å². The van der Waals surface area contributed by atoms with Crippen molar-refractivity contribution in [2.75, 3.05) is 25.5 Å². The molecule has 0 atom stereocenters. The molecule has 1 amide bonds. The molecule has 15 heavy (non-hydrogen) atoms. The third-order valence-corrected chi connectivity index (χ3v) is 1.83. The van der Waals surface area contributed by atoms with Crippen molar-refractivity contribution in [3.63, 3.8) is 0 Å². The molecule has 1 aromatic carbocycles. The van der Waals surface area contributed by atoms with Gasteiger partial charge in [0.25, 0.3) is 0 Å². The van der Waals surface area contributed by atoms with E-state index in [1.165, 1.54) is 0 Å². The molecule has 0 aromatic heterocycles. The van der Waals surface area contributed by atoms with E-state index in [0.29, 0.717) is 13.1 Å². The largest absolute Gasteiger partial charge is 0.325 e. The van der Waals surface area contributed by atoms with Gasteiger partial charge in [-0.2, -0.15) is 0 Å². The van der Waals surface area contributed by atoms with Crippen molar-refractivity contribution in [3.8, 4) is 12.3 Å². The number of terminal acetylenes is 1. The minimum atomic E-state index is -0.0565. The van der Waals surface area contributed by atoms with Crippen molar-refractivity contribution >= 4 is 11.6 Å². The van der Waals surface area contributed by atoms with E-state index in [0.717, 1.165) is 5.69 Å². The molecule has 1 N–H and O–H groups in total. The molecular formula is C12H14N2O. The summed E-state index contributed by atoms with van der Waals surface area (Å²) < 4.78 is 0. The molecule has 1 rings (SSSR count). The second kappa shape index (κ2) is 5.84. The van der Waals surface area contributed by atoms with Crippen LogP contribution in [0.15, 0.2) is 30.3 Å². The number of nitrogens with zero attached hydrogens (tertiary/aromatic N) is 1. The molecule has 3 heteroatoms. The second-order valence-electron chi connectivity index (χ2n) is 3.29. The van der Waals surface area contributed by atoms with E-state index in [4.69, 9.17) is 6.42 Å². The molecule has 0 aliphatic rings. The van der Waals surface area contributed by atoms with Crippen LogP contribution in [0.25, 0.3) is 0 Å². The standard InChI is InChI=1S/C12H14N2O/c1-3-9-14(2)10-12(15)13-11-7-5-4-6-8-11/h1,4-8H,9-10H2,2H3,(H,13,15). The minimum absolute atomic E-state index is 0.0565. The molecule has 0 fully saturated rings. The highest BCUT2D eigenvalue weighted by Gasteiger charge is 2.04. The number of nitrogens with one attached hydrogen (secondary N) is 1. The summed E-state index contributed by atoms with van der Waals surface area (Å²) in [7, 11) is 1.81. The van der Waals surface area contributed by atoms with Gasteiger partial charge in [0.1, 0.15) is 0 Å². The van der Waals surface area contributed by atoms with Gasteiger partial charge in [-0.3, -0.25) is 9.69 Å². The van der Waals surface area contributed by atoms with Gasteiger partial charge in [0.05, 0.1) is 13.1 Å². The zero-order valence-corrected chi connectivity index (χ0v) is 8.73. The lowest BCUT2D eigenvalue weighted by atomic mass is 10.3. The van der Waals surface area contributed by atoms with Gasteiger partial charge in [-0.05, 0) is 19.2 Å². The highest BCUT2D eigenvalue weighted by molar-refractivity contribution is 5.92. The molecular weight excluding hydrogens is 188 g/mol. The highest BCUT2D eigenvalue weighted by Crippen LogP contribution is 2.04. The zero-order chi connectivity index (χ0) is 11.1. The topological polar surface area (TPSA) is 32.3 Å². The third kappa shape index (κ3) is 4.30. The van der Waals surface area contributed by atoms with Gasteiger partial charge in [0.15, 0.2) is 0 Å². The van der Waals surface area contributed by atoms with Crippen molar-refractivity contribution in [2.45, 2.75) is 0 Å². The average molecular weight is 202 g/mol. The Balaban J connectivity index is 2.41. The van der Waals surface area contributed by atoms with Crippen LogP contribution in [-0.4, -0.2) is 30.9 Å². The summed E-state index contributed by atoms with van der Waals surface area (Å²) in [4.78, 5) is 13.3. The minimum Gasteiger partial charge on any atom is -0.325 e. The summed E-state index contributed by atoms with van der Waals surface area (Å²) in [6.45, 7) is 0.779. The number of hydrogen-bond donors (Lipinski definition) is 1. The predicted octanol–water partition coefficient (Wildman–Crippen LogP) is 1.19. The molecule has 0 radical (unpaired) electrons. The van der Waals surface area contributed by atoms with Crippen molar-refractivity contribution in [2.24, 2.45) is 0 Å². The Morgan fingerprint density at radius 3 is 2.73 bits per heavy atom. The van der Waals surface area contributed by atoms with Gasteiger partial charge in [0, 0.05) is 5.69 Å². The van der Waals surface area contributed by atoms with E-state index in [-0.39, 0.29) is 5.91 Å². The van der Waals surface area contributed by atoms with Gasteiger partial charge >= 0.3 is 0 Å². The van der Waals surface area contributed by atoms with E-state index < -0.39 is 0 Å². The number of rotatable bonds is 4. The van der Waals surface area contributed by atoms with Gasteiger partial charge < -0.3 is 5.32 Å². The Kier molecular flexibility index (Phi) is 4.39. The number of carbonyl (C=O) groups excluding carboxylic acids is 1. The fourth-order valence-corrected chi connectivity index (χ4v) is 1.18. The van der Waals surface area contributed by atoms with Crippen LogP contribution < -0.4 is 5.32 Å². The van der Waals surface area contributed by atoms with Crippen molar-refractivity contribution in [1.82, 2.24) is 4.90 Å². The number of likely N-dealkylation sites (N-methyl/N-ethyl adjacent to an activating group) is 1. The Morgan fingerprint density at radius 2 is 2.13 bits per heavy atom. The molecule has 0 aliphatic carbocycles. The maximum Gasteiger partial charge on any atom is 0.238 e. The van der Waals surface area contributed by atoms with Gasteiger partial charge in [-0.15, -0.1) is 6.42 Å². The number of para-hydroxylation sites is 1. The van der Waals surface area contributed by atoms with Crippen molar-refractivity contribution < 1.29 is 4.79 Å². The second-order valence-corrected chi connectivity index (χ2v) is 3.29. The van der Waals surface area contributed by atoms with Gasteiger partial charge in [0.2, 0.25) is 5.91 Å². The van der Waals surface area contributed by atoms with E-state index in [1.807, 2.05) is 37.4 Å². The zero-order valence-electron chi connectivity index (χ0n) is 8.73. The van der Waals surface area contributed by atoms with E-state index in [2.05, 4.69) is 11.2 Å². The average Bonchev–Trinajstić information content (AvgIpc) is 2.19. The Bertz CT molecular complexity index is 354. The van der Waals surface area contributed by atoms with Crippen molar-refractivity contribution in [3.05, 3.63) is 30.3 Å². The van der Waals surface area contributed by atoms with E-state index in [1.54, 1.807) is 4.90 Å². The fourth-order valence-electron chi connectivity index (χ4n) is 1.18. The van der Waals surface area contributed by atoms with Crippen LogP contribution in [0.3, 0.4) is 0 Å². The predicted molar refractivity (Wildman–Crippen MR) is 61.4 cm³/mol. The molecule has 3 nitrogen and oxygen atoms in total. The van der Waals surface area contributed by atoms with Crippen LogP contribution in [0.4, 0.5) is 5.69 Å². The Hall–Kier alpha value is -1.79. The fraction of sp³-hybridized carbons (Fsp3) is 0.250. The van der Waals surface area contributed by atoms with Gasteiger partial charge in [-0.1, -0.05) is 24.1 Å².